The molecule has 0 aliphatic heterocycles. The van der Waals surface area contributed by atoms with Crippen molar-refractivity contribution in [2.75, 3.05) is 0 Å². The Kier molecular flexibility index (Phi) is 1.66. The van der Waals surface area contributed by atoms with Gasteiger partial charge in [-0.3, -0.25) is 0 Å². The van der Waals surface area contributed by atoms with Crippen LogP contribution >= 0.6 is 0 Å². The molecule has 1 rings (SSSR count). The Bertz CT molecular complexity index is 147. The van der Waals surface area contributed by atoms with E-state index in [2.05, 4.69) is 21.0 Å². The molecule has 0 bridgehead atoms. The van der Waals surface area contributed by atoms with Gasteiger partial charge in [-0.15, -0.1) is 0 Å². The molecular weight excluding hydrogens is 165 g/mol. The summed E-state index contributed by atoms with van der Waals surface area (Å²) < 4.78 is 1.09. The molecule has 1 heterocycles. The van der Waals surface area contributed by atoms with Crippen LogP contribution in [0.5, 0.6) is 0 Å². The van der Waals surface area contributed by atoms with Crippen molar-refractivity contribution in [3.63, 3.8) is 0 Å². The standard InChI is InChI=1S/C6H6NSe/c1-5-2-3-6(8)4-7-5/h2-4H,1H3. The van der Waals surface area contributed by atoms with Crippen molar-refractivity contribution in [3.8, 4) is 0 Å². The molecule has 1 aromatic rings. The summed E-state index contributed by atoms with van der Waals surface area (Å²) in [5, 5.41) is 0. The van der Waals surface area contributed by atoms with E-state index in [1.807, 2.05) is 25.3 Å². The molecule has 0 N–H and O–H groups in total. The fourth-order valence-electron chi connectivity index (χ4n) is 0.454. The van der Waals surface area contributed by atoms with Gasteiger partial charge in [-0.2, -0.15) is 0 Å². The van der Waals surface area contributed by atoms with Crippen molar-refractivity contribution in [1.29, 1.82) is 0 Å². The SMILES string of the molecule is Cc1ccc([Se])cn1. The summed E-state index contributed by atoms with van der Waals surface area (Å²) in [6, 6.07) is 3.98. The zero-order chi connectivity index (χ0) is 5.98. The van der Waals surface area contributed by atoms with Crippen LogP contribution in [0.4, 0.5) is 0 Å². The van der Waals surface area contributed by atoms with Crippen molar-refractivity contribution in [1.82, 2.24) is 4.98 Å². The second-order valence-electron chi connectivity index (χ2n) is 1.64. The zero-order valence-corrected chi connectivity index (χ0v) is 6.30. The fourth-order valence-corrected chi connectivity index (χ4v) is 0.708. The van der Waals surface area contributed by atoms with Gasteiger partial charge >= 0.3 is 56.4 Å². The van der Waals surface area contributed by atoms with E-state index in [1.165, 1.54) is 0 Å². The van der Waals surface area contributed by atoms with E-state index in [4.69, 9.17) is 0 Å². The molecule has 0 saturated heterocycles. The monoisotopic (exact) mass is 172 g/mol. The van der Waals surface area contributed by atoms with Gasteiger partial charge in [0.05, 0.1) is 0 Å². The number of pyridine rings is 1. The first-order valence-electron chi connectivity index (χ1n) is 2.39. The van der Waals surface area contributed by atoms with Crippen LogP contribution in [0.3, 0.4) is 0 Å². The molecule has 0 aromatic carbocycles. The number of hydrogen-bond acceptors (Lipinski definition) is 1. The van der Waals surface area contributed by atoms with Gasteiger partial charge in [0.15, 0.2) is 0 Å². The van der Waals surface area contributed by atoms with Crippen molar-refractivity contribution in [2.45, 2.75) is 6.92 Å². The van der Waals surface area contributed by atoms with Crippen LogP contribution in [0, 0.1) is 6.92 Å². The van der Waals surface area contributed by atoms with Crippen LogP contribution < -0.4 is 4.46 Å². The van der Waals surface area contributed by atoms with Gasteiger partial charge < -0.3 is 0 Å². The summed E-state index contributed by atoms with van der Waals surface area (Å²) in [7, 11) is 0. The molecule has 0 fully saturated rings. The normalized spacial score (nSPS) is 9.12. The first-order chi connectivity index (χ1) is 3.79. The molecule has 41 valence electrons. The molecule has 1 aromatic heterocycles. The van der Waals surface area contributed by atoms with Crippen LogP contribution in [-0.2, 0) is 0 Å². The molecule has 1 nitrogen and oxygen atoms in total. The van der Waals surface area contributed by atoms with E-state index < -0.39 is 0 Å². The average molecular weight is 171 g/mol. The van der Waals surface area contributed by atoms with Crippen LogP contribution in [0.25, 0.3) is 0 Å². The second kappa shape index (κ2) is 2.29. The molecule has 2 heteroatoms. The molecule has 0 aliphatic rings. The summed E-state index contributed by atoms with van der Waals surface area (Å²) in [6.07, 6.45) is 1.81. The third kappa shape index (κ3) is 1.32. The zero-order valence-electron chi connectivity index (χ0n) is 4.59. The number of aryl methyl sites for hydroxylation is 1. The first-order valence-corrected chi connectivity index (χ1v) is 3.24. The summed E-state index contributed by atoms with van der Waals surface area (Å²) >= 11 is 2.87. The molecule has 0 atom stereocenters. The van der Waals surface area contributed by atoms with E-state index in [9.17, 15) is 0 Å². The predicted molar refractivity (Wildman–Crippen MR) is 34.4 cm³/mol. The molecule has 8 heavy (non-hydrogen) atoms. The maximum absolute atomic E-state index is 4.05. The molecule has 0 spiro atoms. The Morgan fingerprint density at radius 2 is 2.25 bits per heavy atom. The predicted octanol–water partition coefficient (Wildman–Crippen LogP) is 0.184. The van der Waals surface area contributed by atoms with Gasteiger partial charge in [0.25, 0.3) is 0 Å². The van der Waals surface area contributed by atoms with Crippen LogP contribution in [-0.4, -0.2) is 21.0 Å². The number of nitrogens with zero attached hydrogens (tertiary/aromatic N) is 1. The van der Waals surface area contributed by atoms with E-state index in [0.717, 1.165) is 10.2 Å². The third-order valence-corrected chi connectivity index (χ3v) is 1.39. The van der Waals surface area contributed by atoms with Crippen molar-refractivity contribution in [3.05, 3.63) is 24.0 Å². The summed E-state index contributed by atoms with van der Waals surface area (Å²) in [5.41, 5.74) is 1.06. The second-order valence-corrected chi connectivity index (χ2v) is 2.62. The Labute approximate surface area is 57.0 Å². The topological polar surface area (TPSA) is 12.9 Å². The van der Waals surface area contributed by atoms with E-state index in [0.29, 0.717) is 0 Å². The van der Waals surface area contributed by atoms with E-state index >= 15 is 0 Å². The van der Waals surface area contributed by atoms with Gasteiger partial charge in [-0.25, -0.2) is 0 Å². The number of aromatic nitrogens is 1. The molecule has 0 aliphatic carbocycles. The minimum absolute atomic E-state index is 1.06. The summed E-state index contributed by atoms with van der Waals surface area (Å²) in [5.74, 6) is 0. The molecule has 0 saturated carbocycles. The Morgan fingerprint density at radius 1 is 1.50 bits per heavy atom. The Hall–Kier alpha value is -0.331. The summed E-state index contributed by atoms with van der Waals surface area (Å²) in [6.45, 7) is 1.97. The van der Waals surface area contributed by atoms with Gasteiger partial charge in [0, 0.05) is 0 Å². The minimum atomic E-state index is 1.06. The Morgan fingerprint density at radius 3 is 2.62 bits per heavy atom. The van der Waals surface area contributed by atoms with E-state index in [-0.39, 0.29) is 0 Å². The van der Waals surface area contributed by atoms with Crippen molar-refractivity contribution in [2.24, 2.45) is 0 Å². The fraction of sp³-hybridized carbons (Fsp3) is 0.167. The van der Waals surface area contributed by atoms with Crippen molar-refractivity contribution >= 4 is 20.5 Å². The summed E-state index contributed by atoms with van der Waals surface area (Å²) in [4.78, 5) is 4.05. The number of hydrogen-bond donors (Lipinski definition) is 0. The molecule has 0 unspecified atom stereocenters. The quantitative estimate of drug-likeness (QED) is 0.507. The van der Waals surface area contributed by atoms with Crippen molar-refractivity contribution < 1.29 is 0 Å². The van der Waals surface area contributed by atoms with Gasteiger partial charge in [0.2, 0.25) is 0 Å². The molecular formula is C6H6NSe. The number of rotatable bonds is 0. The van der Waals surface area contributed by atoms with Gasteiger partial charge in [-0.1, -0.05) is 0 Å². The van der Waals surface area contributed by atoms with Gasteiger partial charge in [0.1, 0.15) is 0 Å². The van der Waals surface area contributed by atoms with Gasteiger partial charge in [-0.05, 0) is 0 Å². The maximum atomic E-state index is 4.05. The van der Waals surface area contributed by atoms with Crippen LogP contribution in [0.2, 0.25) is 0 Å². The van der Waals surface area contributed by atoms with E-state index in [1.54, 1.807) is 0 Å². The average Bonchev–Trinajstić information content (AvgIpc) is 1.77. The molecule has 0 amide bonds. The Balaban J connectivity index is 3.03. The molecule has 1 radical (unpaired) electrons. The van der Waals surface area contributed by atoms with Crippen LogP contribution in [0.15, 0.2) is 18.3 Å². The van der Waals surface area contributed by atoms with Crippen LogP contribution in [0.1, 0.15) is 5.69 Å². The first kappa shape index (κ1) is 5.80. The third-order valence-electron chi connectivity index (χ3n) is 0.884.